The molecule has 0 nitrogen and oxygen atoms in total. The Morgan fingerprint density at radius 2 is 1.41 bits per heavy atom. The van der Waals surface area contributed by atoms with Crippen molar-refractivity contribution >= 4 is 21.5 Å². The molecule has 0 bridgehead atoms. The summed E-state index contributed by atoms with van der Waals surface area (Å²) < 4.78 is 0. The molecule has 0 aliphatic rings. The van der Waals surface area contributed by atoms with E-state index in [0.717, 1.165) is 0 Å². The molecular weight excluding hydrogens is 204 g/mol. The average molecular weight is 220 g/mol. The summed E-state index contributed by atoms with van der Waals surface area (Å²) in [6.45, 7) is 6.54. The lowest BCUT2D eigenvalue weighted by molar-refractivity contribution is 1.47. The predicted octanol–water partition coefficient (Wildman–Crippen LogP) is 4.92. The maximum absolute atomic E-state index is 2.31. The summed E-state index contributed by atoms with van der Waals surface area (Å²) in [5, 5.41) is 5.50. The molecule has 0 aromatic heterocycles. The number of benzene rings is 3. The zero-order chi connectivity index (χ0) is 12.0. The minimum atomic E-state index is 1.32. The molecule has 0 amide bonds. The van der Waals surface area contributed by atoms with Gasteiger partial charge in [0.2, 0.25) is 0 Å². The van der Waals surface area contributed by atoms with Crippen molar-refractivity contribution in [2.24, 2.45) is 0 Å². The van der Waals surface area contributed by atoms with E-state index in [4.69, 9.17) is 0 Å². The SMILES string of the molecule is Cc1ccc2c(C)cc3c(C)cccc3c2c1. The number of hydrogen-bond acceptors (Lipinski definition) is 0. The van der Waals surface area contributed by atoms with Gasteiger partial charge in [-0.25, -0.2) is 0 Å². The predicted molar refractivity (Wildman–Crippen MR) is 75.7 cm³/mol. The number of hydrogen-bond donors (Lipinski definition) is 0. The molecular formula is C17H16. The van der Waals surface area contributed by atoms with Crippen LogP contribution in [0.3, 0.4) is 0 Å². The van der Waals surface area contributed by atoms with Gasteiger partial charge in [-0.05, 0) is 53.4 Å². The van der Waals surface area contributed by atoms with Crippen molar-refractivity contribution in [3.05, 3.63) is 59.2 Å². The van der Waals surface area contributed by atoms with Crippen LogP contribution in [0.15, 0.2) is 42.5 Å². The quantitative estimate of drug-likeness (QED) is 0.472. The summed E-state index contributed by atoms with van der Waals surface area (Å²) >= 11 is 0. The van der Waals surface area contributed by atoms with Crippen molar-refractivity contribution in [3.63, 3.8) is 0 Å². The van der Waals surface area contributed by atoms with Gasteiger partial charge in [0.1, 0.15) is 0 Å². The largest absolute Gasteiger partial charge is 0.0613 e. The smallest absolute Gasteiger partial charge is 0.0100 e. The van der Waals surface area contributed by atoms with Crippen LogP contribution in [-0.4, -0.2) is 0 Å². The van der Waals surface area contributed by atoms with Crippen molar-refractivity contribution in [1.82, 2.24) is 0 Å². The van der Waals surface area contributed by atoms with E-state index < -0.39 is 0 Å². The van der Waals surface area contributed by atoms with Gasteiger partial charge in [0.05, 0.1) is 0 Å². The van der Waals surface area contributed by atoms with Crippen LogP contribution in [0.5, 0.6) is 0 Å². The van der Waals surface area contributed by atoms with Crippen LogP contribution in [0.2, 0.25) is 0 Å². The van der Waals surface area contributed by atoms with Gasteiger partial charge in [-0.1, -0.05) is 48.0 Å². The molecule has 0 atom stereocenters. The maximum Gasteiger partial charge on any atom is -0.0100 e. The Kier molecular flexibility index (Phi) is 2.19. The third kappa shape index (κ3) is 1.52. The second kappa shape index (κ2) is 3.59. The van der Waals surface area contributed by atoms with Crippen LogP contribution in [-0.2, 0) is 0 Å². The van der Waals surface area contributed by atoms with Crippen molar-refractivity contribution < 1.29 is 0 Å². The average Bonchev–Trinajstić information content (AvgIpc) is 2.31. The lowest BCUT2D eigenvalue weighted by atomic mass is 9.94. The highest BCUT2D eigenvalue weighted by Crippen LogP contribution is 2.30. The van der Waals surface area contributed by atoms with E-state index in [1.54, 1.807) is 0 Å². The van der Waals surface area contributed by atoms with Crippen LogP contribution >= 0.6 is 0 Å². The maximum atomic E-state index is 2.31. The Bertz CT molecular complexity index is 721. The monoisotopic (exact) mass is 220 g/mol. The lowest BCUT2D eigenvalue weighted by Crippen LogP contribution is -1.85. The first kappa shape index (κ1) is 10.3. The number of aryl methyl sites for hydroxylation is 3. The number of rotatable bonds is 0. The van der Waals surface area contributed by atoms with Gasteiger partial charge >= 0.3 is 0 Å². The summed E-state index contributed by atoms with van der Waals surface area (Å²) in [6, 6.07) is 15.6. The van der Waals surface area contributed by atoms with E-state index in [-0.39, 0.29) is 0 Å². The Balaban J connectivity index is 2.62. The lowest BCUT2D eigenvalue weighted by Gasteiger charge is -2.10. The molecule has 84 valence electrons. The summed E-state index contributed by atoms with van der Waals surface area (Å²) in [4.78, 5) is 0. The molecule has 3 aromatic carbocycles. The molecule has 17 heavy (non-hydrogen) atoms. The molecule has 0 spiro atoms. The van der Waals surface area contributed by atoms with Crippen molar-refractivity contribution in [2.45, 2.75) is 20.8 Å². The van der Waals surface area contributed by atoms with Gasteiger partial charge in [-0.15, -0.1) is 0 Å². The molecule has 3 aromatic rings. The van der Waals surface area contributed by atoms with E-state index in [9.17, 15) is 0 Å². The highest BCUT2D eigenvalue weighted by Gasteiger charge is 2.05. The van der Waals surface area contributed by atoms with Gasteiger partial charge in [0, 0.05) is 0 Å². The summed E-state index contributed by atoms with van der Waals surface area (Å²) in [6.07, 6.45) is 0. The normalized spacial score (nSPS) is 11.2. The summed E-state index contributed by atoms with van der Waals surface area (Å²) in [5.41, 5.74) is 4.04. The van der Waals surface area contributed by atoms with Crippen molar-refractivity contribution in [3.8, 4) is 0 Å². The fourth-order valence-corrected chi connectivity index (χ4v) is 2.63. The number of fused-ring (bicyclic) bond motifs is 3. The minimum Gasteiger partial charge on any atom is -0.0613 e. The Morgan fingerprint density at radius 1 is 0.588 bits per heavy atom. The fourth-order valence-electron chi connectivity index (χ4n) is 2.63. The van der Waals surface area contributed by atoms with Gasteiger partial charge < -0.3 is 0 Å². The van der Waals surface area contributed by atoms with E-state index in [2.05, 4.69) is 63.2 Å². The first-order valence-corrected chi connectivity index (χ1v) is 6.06. The Morgan fingerprint density at radius 3 is 2.24 bits per heavy atom. The molecule has 3 rings (SSSR count). The summed E-state index contributed by atoms with van der Waals surface area (Å²) in [7, 11) is 0. The molecule has 0 heteroatoms. The molecule has 0 saturated carbocycles. The van der Waals surface area contributed by atoms with Crippen molar-refractivity contribution in [2.75, 3.05) is 0 Å². The molecule has 0 aliphatic heterocycles. The third-order valence-electron chi connectivity index (χ3n) is 3.58. The molecule has 0 heterocycles. The second-order valence-corrected chi connectivity index (χ2v) is 4.91. The third-order valence-corrected chi connectivity index (χ3v) is 3.58. The molecule has 0 radical (unpaired) electrons. The molecule has 0 aliphatic carbocycles. The molecule has 0 saturated heterocycles. The van der Waals surface area contributed by atoms with Gasteiger partial charge in [0.15, 0.2) is 0 Å². The van der Waals surface area contributed by atoms with Crippen molar-refractivity contribution in [1.29, 1.82) is 0 Å². The van der Waals surface area contributed by atoms with E-state index in [1.807, 2.05) is 0 Å². The van der Waals surface area contributed by atoms with E-state index in [0.29, 0.717) is 0 Å². The van der Waals surface area contributed by atoms with Crippen LogP contribution < -0.4 is 0 Å². The highest BCUT2D eigenvalue weighted by atomic mass is 14.1. The zero-order valence-corrected chi connectivity index (χ0v) is 10.5. The van der Waals surface area contributed by atoms with Gasteiger partial charge in [-0.2, -0.15) is 0 Å². The minimum absolute atomic E-state index is 1.32. The van der Waals surface area contributed by atoms with Crippen LogP contribution in [0.4, 0.5) is 0 Å². The standard InChI is InChI=1S/C17H16/c1-11-7-8-14-13(3)10-16-12(2)5-4-6-15(16)17(14)9-11/h4-10H,1-3H3. The van der Waals surface area contributed by atoms with Crippen LogP contribution in [0, 0.1) is 20.8 Å². The first-order valence-electron chi connectivity index (χ1n) is 6.06. The summed E-state index contributed by atoms with van der Waals surface area (Å²) in [5.74, 6) is 0. The topological polar surface area (TPSA) is 0 Å². The molecule has 0 unspecified atom stereocenters. The Hall–Kier alpha value is -1.82. The second-order valence-electron chi connectivity index (χ2n) is 4.91. The fraction of sp³-hybridized carbons (Fsp3) is 0.176. The van der Waals surface area contributed by atoms with Crippen LogP contribution in [0.1, 0.15) is 16.7 Å². The highest BCUT2D eigenvalue weighted by molar-refractivity contribution is 6.10. The van der Waals surface area contributed by atoms with Gasteiger partial charge in [-0.3, -0.25) is 0 Å². The van der Waals surface area contributed by atoms with Crippen LogP contribution in [0.25, 0.3) is 21.5 Å². The Labute approximate surface area is 102 Å². The molecule has 0 N–H and O–H groups in total. The van der Waals surface area contributed by atoms with Gasteiger partial charge in [0.25, 0.3) is 0 Å². The zero-order valence-electron chi connectivity index (χ0n) is 10.5. The molecule has 0 fully saturated rings. The first-order chi connectivity index (χ1) is 8.16. The van der Waals surface area contributed by atoms with E-state index >= 15 is 0 Å². The van der Waals surface area contributed by atoms with E-state index in [1.165, 1.54) is 38.2 Å².